The van der Waals surface area contributed by atoms with Crippen molar-refractivity contribution in [1.29, 1.82) is 0 Å². The molecule has 0 aliphatic heterocycles. The molecule has 6 heteroatoms. The molecule has 124 valence electrons. The fourth-order valence-electron chi connectivity index (χ4n) is 3.03. The molecule has 0 bridgehead atoms. The van der Waals surface area contributed by atoms with Crippen molar-refractivity contribution in [2.75, 3.05) is 0 Å². The van der Waals surface area contributed by atoms with Crippen molar-refractivity contribution in [1.82, 2.24) is 0 Å². The van der Waals surface area contributed by atoms with E-state index in [1.807, 2.05) is 12.1 Å². The van der Waals surface area contributed by atoms with E-state index >= 15 is 0 Å². The van der Waals surface area contributed by atoms with Crippen molar-refractivity contribution >= 4 is 23.5 Å². The number of nitrogens with two attached hydrogens (primary N) is 1. The molecule has 0 aromatic heterocycles. The summed E-state index contributed by atoms with van der Waals surface area (Å²) in [6.45, 7) is 0. The molecule has 0 saturated carbocycles. The van der Waals surface area contributed by atoms with Crippen LogP contribution in [0.2, 0.25) is 5.02 Å². The van der Waals surface area contributed by atoms with Gasteiger partial charge in [-0.3, -0.25) is 9.59 Å². The van der Waals surface area contributed by atoms with Crippen molar-refractivity contribution in [3.05, 3.63) is 58.1 Å². The number of carboxylic acids is 1. The number of carbonyl (C=O) groups is 2. The smallest absolute Gasteiger partial charge is 0.303 e. The zero-order chi connectivity index (χ0) is 17.3. The Bertz CT molecular complexity index is 819. The molecule has 0 saturated heterocycles. The first kappa shape index (κ1) is 16.3. The van der Waals surface area contributed by atoms with Crippen molar-refractivity contribution in [3.8, 4) is 11.5 Å². The topological polar surface area (TPSA) is 89.6 Å². The first-order valence-corrected chi connectivity index (χ1v) is 7.93. The fraction of sp³-hybridized carbons (Fsp3) is 0.222. The second-order valence-electron chi connectivity index (χ2n) is 5.81. The van der Waals surface area contributed by atoms with Crippen LogP contribution >= 0.6 is 11.6 Å². The van der Waals surface area contributed by atoms with Gasteiger partial charge in [-0.05, 0) is 60.2 Å². The van der Waals surface area contributed by atoms with E-state index in [9.17, 15) is 9.59 Å². The van der Waals surface area contributed by atoms with Crippen LogP contribution in [0.3, 0.4) is 0 Å². The van der Waals surface area contributed by atoms with Gasteiger partial charge in [0.05, 0.1) is 11.4 Å². The number of amides is 1. The molecular weight excluding hydrogens is 330 g/mol. The molecule has 3 rings (SSSR count). The number of carboxylic acid groups (broad SMARTS) is 1. The zero-order valence-electron chi connectivity index (χ0n) is 12.8. The number of rotatable bonds is 5. The number of primary amides is 1. The number of fused-ring (bicyclic) bond motifs is 1. The molecule has 1 atom stereocenters. The maximum atomic E-state index is 11.1. The number of hydrogen-bond acceptors (Lipinski definition) is 3. The van der Waals surface area contributed by atoms with Crippen LogP contribution in [0.5, 0.6) is 11.5 Å². The molecule has 1 amide bonds. The molecule has 0 spiro atoms. The van der Waals surface area contributed by atoms with Gasteiger partial charge in [0.1, 0.15) is 11.5 Å². The van der Waals surface area contributed by atoms with E-state index in [0.717, 1.165) is 24.0 Å². The Kier molecular flexibility index (Phi) is 4.44. The molecule has 2 aromatic rings. The molecule has 24 heavy (non-hydrogen) atoms. The maximum Gasteiger partial charge on any atom is 0.303 e. The van der Waals surface area contributed by atoms with Gasteiger partial charge in [-0.2, -0.15) is 0 Å². The molecule has 2 aromatic carbocycles. The summed E-state index contributed by atoms with van der Waals surface area (Å²) >= 11 is 6.12. The van der Waals surface area contributed by atoms with Gasteiger partial charge in [0, 0.05) is 5.56 Å². The molecule has 0 fully saturated rings. The minimum absolute atomic E-state index is 0.0602. The molecule has 0 radical (unpaired) electrons. The van der Waals surface area contributed by atoms with Crippen LogP contribution in [0.1, 0.15) is 40.2 Å². The fourth-order valence-corrected chi connectivity index (χ4v) is 3.25. The number of hydrogen-bond donors (Lipinski definition) is 2. The lowest BCUT2D eigenvalue weighted by Crippen LogP contribution is -2.10. The standard InChI is InChI=1S/C18H16ClNO4/c19-15-8-12(18(20)23)3-6-16(15)24-13-4-5-14-10(7-13)1-2-11(14)9-17(21)22/h3-8,11H,1-2,9H2,(H2,20,23)(H,21,22)/t11-/m0/s1. The average molecular weight is 346 g/mol. The van der Waals surface area contributed by atoms with Crippen molar-refractivity contribution in [2.24, 2.45) is 5.73 Å². The van der Waals surface area contributed by atoms with Gasteiger partial charge in [-0.15, -0.1) is 0 Å². The number of carbonyl (C=O) groups excluding carboxylic acids is 1. The van der Waals surface area contributed by atoms with Crippen molar-refractivity contribution in [2.45, 2.75) is 25.2 Å². The predicted molar refractivity (Wildman–Crippen MR) is 89.8 cm³/mol. The molecule has 0 unspecified atom stereocenters. The Balaban J connectivity index is 1.80. The first-order valence-electron chi connectivity index (χ1n) is 7.56. The third-order valence-corrected chi connectivity index (χ3v) is 4.48. The van der Waals surface area contributed by atoms with Crippen LogP contribution in [0, 0.1) is 0 Å². The zero-order valence-corrected chi connectivity index (χ0v) is 13.5. The average Bonchev–Trinajstić information content (AvgIpc) is 2.91. The summed E-state index contributed by atoms with van der Waals surface area (Å²) in [5.74, 6) is -0.218. The van der Waals surface area contributed by atoms with E-state index in [2.05, 4.69) is 0 Å². The maximum absolute atomic E-state index is 11.1. The normalized spacial score (nSPS) is 15.8. The lowest BCUT2D eigenvalue weighted by atomic mass is 9.98. The predicted octanol–water partition coefficient (Wildman–Crippen LogP) is 3.74. The monoisotopic (exact) mass is 345 g/mol. The van der Waals surface area contributed by atoms with E-state index < -0.39 is 11.9 Å². The van der Waals surface area contributed by atoms with E-state index in [0.29, 0.717) is 22.1 Å². The Hall–Kier alpha value is -2.53. The summed E-state index contributed by atoms with van der Waals surface area (Å²) in [7, 11) is 0. The second kappa shape index (κ2) is 6.53. The van der Waals surface area contributed by atoms with Gasteiger partial charge in [0.2, 0.25) is 5.91 Å². The van der Waals surface area contributed by atoms with Crippen molar-refractivity contribution < 1.29 is 19.4 Å². The first-order chi connectivity index (χ1) is 11.4. The minimum Gasteiger partial charge on any atom is -0.481 e. The van der Waals surface area contributed by atoms with Crippen LogP contribution in [0.4, 0.5) is 0 Å². The highest BCUT2D eigenvalue weighted by Gasteiger charge is 2.25. The van der Waals surface area contributed by atoms with Gasteiger partial charge in [-0.1, -0.05) is 17.7 Å². The highest BCUT2D eigenvalue weighted by atomic mass is 35.5. The van der Waals surface area contributed by atoms with Gasteiger partial charge in [-0.25, -0.2) is 0 Å². The quantitative estimate of drug-likeness (QED) is 0.863. The van der Waals surface area contributed by atoms with Crippen LogP contribution in [0.25, 0.3) is 0 Å². The van der Waals surface area contributed by atoms with Crippen LogP contribution < -0.4 is 10.5 Å². The van der Waals surface area contributed by atoms with Gasteiger partial charge >= 0.3 is 5.97 Å². The summed E-state index contributed by atoms with van der Waals surface area (Å²) in [5.41, 5.74) is 7.70. The van der Waals surface area contributed by atoms with Crippen LogP contribution in [0.15, 0.2) is 36.4 Å². The highest BCUT2D eigenvalue weighted by molar-refractivity contribution is 6.32. The highest BCUT2D eigenvalue weighted by Crippen LogP contribution is 2.38. The van der Waals surface area contributed by atoms with E-state index in [1.165, 1.54) is 6.07 Å². The number of ether oxygens (including phenoxy) is 1. The third kappa shape index (κ3) is 3.36. The summed E-state index contributed by atoms with van der Waals surface area (Å²) in [4.78, 5) is 22.1. The summed E-state index contributed by atoms with van der Waals surface area (Å²) in [6.07, 6.45) is 1.81. The lowest BCUT2D eigenvalue weighted by Gasteiger charge is -2.12. The Morgan fingerprint density at radius 3 is 2.71 bits per heavy atom. The molecule has 5 nitrogen and oxygen atoms in total. The Morgan fingerprint density at radius 2 is 2.04 bits per heavy atom. The molecule has 1 aliphatic rings. The third-order valence-electron chi connectivity index (χ3n) is 4.18. The Morgan fingerprint density at radius 1 is 1.25 bits per heavy atom. The molecule has 1 aliphatic carbocycles. The van der Waals surface area contributed by atoms with E-state index in [1.54, 1.807) is 18.2 Å². The number of benzene rings is 2. The second-order valence-corrected chi connectivity index (χ2v) is 6.21. The van der Waals surface area contributed by atoms with Gasteiger partial charge < -0.3 is 15.6 Å². The number of aryl methyl sites for hydroxylation is 1. The lowest BCUT2D eigenvalue weighted by molar-refractivity contribution is -0.137. The number of aliphatic carboxylic acids is 1. The van der Waals surface area contributed by atoms with Crippen molar-refractivity contribution in [3.63, 3.8) is 0 Å². The minimum atomic E-state index is -0.783. The van der Waals surface area contributed by atoms with Crippen LogP contribution in [-0.2, 0) is 11.2 Å². The van der Waals surface area contributed by atoms with E-state index in [4.69, 9.17) is 27.2 Å². The SMILES string of the molecule is NC(=O)c1ccc(Oc2ccc3c(c2)CC[C@H]3CC(=O)O)c(Cl)c1. The summed E-state index contributed by atoms with van der Waals surface area (Å²) in [5, 5.41) is 9.27. The molecular formula is C18H16ClNO4. The van der Waals surface area contributed by atoms with Crippen LogP contribution in [-0.4, -0.2) is 17.0 Å². The largest absolute Gasteiger partial charge is 0.481 e. The summed E-state index contributed by atoms with van der Waals surface area (Å²) < 4.78 is 5.79. The molecule has 0 heterocycles. The Labute approximate surface area is 144 Å². The molecule has 3 N–H and O–H groups in total. The van der Waals surface area contributed by atoms with Gasteiger partial charge in [0.15, 0.2) is 0 Å². The van der Waals surface area contributed by atoms with Gasteiger partial charge in [0.25, 0.3) is 0 Å². The summed E-state index contributed by atoms with van der Waals surface area (Å²) in [6, 6.07) is 10.3. The van der Waals surface area contributed by atoms with E-state index in [-0.39, 0.29) is 12.3 Å². The number of halogens is 1.